The fraction of sp³-hybridized carbons (Fsp3) is 0.0455. The maximum atomic E-state index is 12.3. The summed E-state index contributed by atoms with van der Waals surface area (Å²) < 4.78 is 13.3. The van der Waals surface area contributed by atoms with Crippen molar-refractivity contribution in [3.05, 3.63) is 84.5 Å². The molecule has 0 fully saturated rings. The van der Waals surface area contributed by atoms with Crippen LogP contribution in [-0.2, 0) is 4.79 Å². The average Bonchev–Trinajstić information content (AvgIpc) is 2.73. The summed E-state index contributed by atoms with van der Waals surface area (Å²) >= 11 is 10.2. The van der Waals surface area contributed by atoms with Gasteiger partial charge in [0.05, 0.1) is 19.8 Å². The molecule has 0 radical (unpaired) electrons. The molecule has 6 nitrogen and oxygen atoms in total. The number of halogens is 3. The third kappa shape index (κ3) is 5.06. The van der Waals surface area contributed by atoms with Gasteiger partial charge in [0, 0.05) is 15.7 Å². The first-order chi connectivity index (χ1) is 14.9. The Morgan fingerprint density at radius 1 is 1.00 bits per heavy atom. The highest BCUT2D eigenvalue weighted by atomic mass is 79.9. The number of ether oxygens (including phenoxy) is 1. The Labute approximate surface area is 202 Å². The minimum absolute atomic E-state index is 0.165. The van der Waals surface area contributed by atoms with Crippen molar-refractivity contribution in [1.29, 1.82) is 0 Å². The minimum atomic E-state index is -0.444. The molecule has 0 saturated carbocycles. The Morgan fingerprint density at radius 3 is 2.39 bits per heavy atom. The first-order valence-electron chi connectivity index (χ1n) is 8.98. The number of anilines is 1. The van der Waals surface area contributed by atoms with Gasteiger partial charge in [-0.3, -0.25) is 4.79 Å². The van der Waals surface area contributed by atoms with E-state index in [0.29, 0.717) is 27.9 Å². The number of nitrogens with one attached hydrogen (secondary N) is 1. The Bertz CT molecular complexity index is 1310. The lowest BCUT2D eigenvalue weighted by Crippen LogP contribution is -2.20. The molecule has 1 amide bonds. The van der Waals surface area contributed by atoms with Gasteiger partial charge >= 0.3 is 5.63 Å². The molecule has 1 aromatic heterocycles. The van der Waals surface area contributed by atoms with Gasteiger partial charge < -0.3 is 14.5 Å². The quantitative estimate of drug-likeness (QED) is 0.294. The van der Waals surface area contributed by atoms with Crippen molar-refractivity contribution in [2.45, 2.75) is 0 Å². The van der Waals surface area contributed by atoms with Crippen molar-refractivity contribution in [2.24, 2.45) is 0 Å². The highest BCUT2D eigenvalue weighted by Gasteiger charge is 2.12. The van der Waals surface area contributed by atoms with Crippen LogP contribution >= 0.6 is 47.8 Å². The second-order valence-corrected chi connectivity index (χ2v) is 9.06. The molecule has 0 spiro atoms. The molecule has 0 atom stereocenters. The summed E-state index contributed by atoms with van der Waals surface area (Å²) in [4.78, 5) is 28.8. The molecule has 4 aromatic rings. The third-order valence-corrected chi connectivity index (χ3v) is 5.90. The zero-order chi connectivity index (χ0) is 22.0. The maximum Gasteiger partial charge on any atom is 0.347 e. The summed E-state index contributed by atoms with van der Waals surface area (Å²) in [6.07, 6.45) is 0. The molecule has 31 heavy (non-hydrogen) atoms. The number of amides is 1. The molecular weight excluding hydrogens is 596 g/mol. The summed E-state index contributed by atoms with van der Waals surface area (Å²) in [5, 5.41) is 3.20. The molecule has 0 saturated heterocycles. The SMILES string of the molecule is O=C(COc1c(Br)cc(Br)cc1Br)Nc1ccc(-c2nc3ccccc3c(=O)o2)cc1. The molecular formula is C22H13Br3N2O4. The van der Waals surface area contributed by atoms with Crippen molar-refractivity contribution in [2.75, 3.05) is 11.9 Å². The van der Waals surface area contributed by atoms with E-state index in [9.17, 15) is 9.59 Å². The Kier molecular flexibility index (Phi) is 6.54. The Balaban J connectivity index is 1.44. The maximum absolute atomic E-state index is 12.3. The lowest BCUT2D eigenvalue weighted by Gasteiger charge is -2.11. The Hall–Kier alpha value is -2.49. The summed E-state index contributed by atoms with van der Waals surface area (Å²) in [6, 6.07) is 17.5. The highest BCUT2D eigenvalue weighted by molar-refractivity contribution is 9.11. The van der Waals surface area contributed by atoms with Gasteiger partial charge in [0.2, 0.25) is 5.89 Å². The second-order valence-electron chi connectivity index (χ2n) is 6.44. The molecule has 3 aromatic carbocycles. The van der Waals surface area contributed by atoms with Crippen LogP contribution in [0.15, 0.2) is 83.3 Å². The van der Waals surface area contributed by atoms with Gasteiger partial charge in [0.15, 0.2) is 6.61 Å². The van der Waals surface area contributed by atoms with Crippen LogP contribution in [0.3, 0.4) is 0 Å². The lowest BCUT2D eigenvalue weighted by molar-refractivity contribution is -0.118. The number of hydrogen-bond acceptors (Lipinski definition) is 5. The minimum Gasteiger partial charge on any atom is -0.481 e. The molecule has 0 aliphatic rings. The Morgan fingerprint density at radius 2 is 1.68 bits per heavy atom. The molecule has 4 rings (SSSR count). The van der Waals surface area contributed by atoms with Crippen molar-refractivity contribution in [3.63, 3.8) is 0 Å². The summed E-state index contributed by atoms with van der Waals surface area (Å²) in [5.74, 6) is 0.436. The standard InChI is InChI=1S/C22H13Br3N2O4/c23-13-9-16(24)20(17(25)10-13)30-11-19(28)26-14-7-5-12(6-8-14)21-27-18-4-2-1-3-15(18)22(29)31-21/h1-10H,11H2,(H,26,28). The van der Waals surface area contributed by atoms with Crippen LogP contribution in [0.25, 0.3) is 22.4 Å². The van der Waals surface area contributed by atoms with Gasteiger partial charge in [-0.1, -0.05) is 28.1 Å². The lowest BCUT2D eigenvalue weighted by atomic mass is 10.2. The number of aromatic nitrogens is 1. The fourth-order valence-corrected chi connectivity index (χ4v) is 5.33. The zero-order valence-corrected chi connectivity index (χ0v) is 20.5. The van der Waals surface area contributed by atoms with E-state index in [2.05, 4.69) is 58.1 Å². The second kappa shape index (κ2) is 9.33. The van der Waals surface area contributed by atoms with Gasteiger partial charge in [-0.2, -0.15) is 0 Å². The smallest absolute Gasteiger partial charge is 0.347 e. The van der Waals surface area contributed by atoms with Crippen LogP contribution < -0.4 is 15.7 Å². The number of rotatable bonds is 5. The number of carbonyl (C=O) groups excluding carboxylic acids is 1. The summed E-state index contributed by atoms with van der Waals surface area (Å²) in [7, 11) is 0. The number of para-hydroxylation sites is 1. The van der Waals surface area contributed by atoms with Gasteiger partial charge in [-0.25, -0.2) is 9.78 Å². The zero-order valence-electron chi connectivity index (χ0n) is 15.7. The van der Waals surface area contributed by atoms with Gasteiger partial charge in [0.25, 0.3) is 5.91 Å². The van der Waals surface area contributed by atoms with Crippen LogP contribution in [0.5, 0.6) is 5.75 Å². The van der Waals surface area contributed by atoms with Crippen molar-refractivity contribution < 1.29 is 13.9 Å². The molecule has 0 aliphatic heterocycles. The predicted molar refractivity (Wildman–Crippen MR) is 129 cm³/mol. The predicted octanol–water partition coefficient (Wildman–Crippen LogP) is 6.16. The molecule has 0 unspecified atom stereocenters. The molecule has 9 heteroatoms. The van der Waals surface area contributed by atoms with Crippen LogP contribution in [0.1, 0.15) is 0 Å². The van der Waals surface area contributed by atoms with Crippen LogP contribution in [-0.4, -0.2) is 17.5 Å². The number of hydrogen-bond donors (Lipinski definition) is 1. The van der Waals surface area contributed by atoms with E-state index in [-0.39, 0.29) is 18.4 Å². The normalized spacial score (nSPS) is 10.8. The third-order valence-electron chi connectivity index (χ3n) is 4.26. The monoisotopic (exact) mass is 606 g/mol. The summed E-state index contributed by atoms with van der Waals surface area (Å²) in [6.45, 7) is -0.165. The highest BCUT2D eigenvalue weighted by Crippen LogP contribution is 2.36. The van der Waals surface area contributed by atoms with E-state index in [1.54, 1.807) is 42.5 Å². The molecule has 0 bridgehead atoms. The van der Waals surface area contributed by atoms with Crippen molar-refractivity contribution >= 4 is 70.3 Å². The van der Waals surface area contributed by atoms with E-state index < -0.39 is 5.63 Å². The fourth-order valence-electron chi connectivity index (χ4n) is 2.84. The van der Waals surface area contributed by atoms with Crippen LogP contribution in [0, 0.1) is 0 Å². The largest absolute Gasteiger partial charge is 0.481 e. The van der Waals surface area contributed by atoms with E-state index in [1.807, 2.05) is 18.2 Å². The van der Waals surface area contributed by atoms with Gasteiger partial charge in [-0.15, -0.1) is 0 Å². The van der Waals surface area contributed by atoms with E-state index in [1.165, 1.54) is 0 Å². The average molecular weight is 609 g/mol. The van der Waals surface area contributed by atoms with Gasteiger partial charge in [-0.05, 0) is 80.4 Å². The van der Waals surface area contributed by atoms with Crippen LogP contribution in [0.4, 0.5) is 5.69 Å². The first kappa shape index (κ1) is 21.7. The number of benzene rings is 3. The molecule has 0 aliphatic carbocycles. The van der Waals surface area contributed by atoms with E-state index in [4.69, 9.17) is 9.15 Å². The number of nitrogens with zero attached hydrogens (tertiary/aromatic N) is 1. The summed E-state index contributed by atoms with van der Waals surface area (Å²) in [5.41, 5.74) is 1.32. The molecule has 1 N–H and O–H groups in total. The molecule has 1 heterocycles. The number of fused-ring (bicyclic) bond motifs is 1. The first-order valence-corrected chi connectivity index (χ1v) is 11.4. The number of carbonyl (C=O) groups is 1. The van der Waals surface area contributed by atoms with Gasteiger partial charge in [0.1, 0.15) is 5.75 Å². The van der Waals surface area contributed by atoms with Crippen molar-refractivity contribution in [3.8, 4) is 17.2 Å². The van der Waals surface area contributed by atoms with Crippen molar-refractivity contribution in [1.82, 2.24) is 4.98 Å². The topological polar surface area (TPSA) is 81.4 Å². The van der Waals surface area contributed by atoms with E-state index >= 15 is 0 Å². The van der Waals surface area contributed by atoms with E-state index in [0.717, 1.165) is 13.4 Å². The molecule has 156 valence electrons. The van der Waals surface area contributed by atoms with Crippen LogP contribution in [0.2, 0.25) is 0 Å².